The Morgan fingerprint density at radius 1 is 1.17 bits per heavy atom. The molecule has 1 aromatic carbocycles. The molecule has 1 aliphatic carbocycles. The fraction of sp³-hybridized carbons (Fsp3) is 0.571. The molecule has 0 unspecified atom stereocenters. The minimum absolute atomic E-state index is 0.0341. The largest absolute Gasteiger partial charge is 0.322 e. The zero-order valence-electron chi connectivity index (χ0n) is 21.4. The molecule has 0 spiro atoms. The Balaban J connectivity index is 1.59. The van der Waals surface area contributed by atoms with Gasteiger partial charge in [-0.15, -0.1) is 11.3 Å². The van der Waals surface area contributed by atoms with Crippen molar-refractivity contribution in [1.82, 2.24) is 4.90 Å². The number of rotatable bonds is 6. The van der Waals surface area contributed by atoms with Crippen molar-refractivity contribution in [1.29, 1.82) is 0 Å². The summed E-state index contributed by atoms with van der Waals surface area (Å²) in [7, 11) is 0. The van der Waals surface area contributed by atoms with Gasteiger partial charge in [0, 0.05) is 21.6 Å². The number of amides is 2. The van der Waals surface area contributed by atoms with Gasteiger partial charge in [0.25, 0.3) is 5.91 Å². The molecule has 1 aromatic heterocycles. The highest BCUT2D eigenvalue weighted by atomic mass is 35.5. The van der Waals surface area contributed by atoms with E-state index in [0.717, 1.165) is 50.6 Å². The van der Waals surface area contributed by atoms with Crippen LogP contribution in [0.4, 0.5) is 10.7 Å². The van der Waals surface area contributed by atoms with Crippen molar-refractivity contribution in [2.24, 2.45) is 11.3 Å². The average Bonchev–Trinajstić information content (AvgIpc) is 3.15. The Bertz CT molecular complexity index is 1070. The summed E-state index contributed by atoms with van der Waals surface area (Å²) in [6.07, 6.45) is 7.42. The Labute approximate surface area is 218 Å². The van der Waals surface area contributed by atoms with Gasteiger partial charge in [0.05, 0.1) is 12.1 Å². The average molecular weight is 516 g/mol. The van der Waals surface area contributed by atoms with Crippen LogP contribution in [0.3, 0.4) is 0 Å². The van der Waals surface area contributed by atoms with E-state index < -0.39 is 0 Å². The maximum atomic E-state index is 13.5. The van der Waals surface area contributed by atoms with Crippen LogP contribution >= 0.6 is 22.9 Å². The molecule has 2 aromatic rings. The van der Waals surface area contributed by atoms with Gasteiger partial charge in [0.15, 0.2) is 0 Å². The molecule has 2 aliphatic rings. The normalized spacial score (nSPS) is 20.8. The van der Waals surface area contributed by atoms with E-state index in [0.29, 0.717) is 39.8 Å². The van der Waals surface area contributed by atoms with E-state index in [4.69, 9.17) is 11.6 Å². The van der Waals surface area contributed by atoms with Crippen LogP contribution in [0.15, 0.2) is 24.3 Å². The van der Waals surface area contributed by atoms with Gasteiger partial charge in [-0.05, 0) is 80.2 Å². The van der Waals surface area contributed by atoms with Crippen molar-refractivity contribution < 1.29 is 9.59 Å². The number of hydrogen-bond acceptors (Lipinski definition) is 4. The van der Waals surface area contributed by atoms with Gasteiger partial charge in [-0.25, -0.2) is 0 Å². The molecule has 2 amide bonds. The van der Waals surface area contributed by atoms with Crippen LogP contribution in [-0.2, 0) is 17.6 Å². The Morgan fingerprint density at radius 2 is 1.97 bits per heavy atom. The van der Waals surface area contributed by atoms with Gasteiger partial charge in [-0.2, -0.15) is 0 Å². The van der Waals surface area contributed by atoms with Crippen LogP contribution in [0.25, 0.3) is 0 Å². The SMILES string of the molecule is CC[C@H]1CCCCN1CC(=O)Nc1sc2c(c1C(=O)Nc1cccc(Cl)c1)CC[C@@H](C(C)(C)C)C2. The van der Waals surface area contributed by atoms with Gasteiger partial charge in [-0.3, -0.25) is 14.5 Å². The smallest absolute Gasteiger partial charge is 0.258 e. The number of halogens is 1. The molecule has 2 heterocycles. The molecule has 1 fully saturated rings. The summed E-state index contributed by atoms with van der Waals surface area (Å²) >= 11 is 7.72. The molecule has 5 nitrogen and oxygen atoms in total. The third-order valence-electron chi connectivity index (χ3n) is 7.62. The van der Waals surface area contributed by atoms with E-state index in [9.17, 15) is 9.59 Å². The third kappa shape index (κ3) is 6.28. The second kappa shape index (κ2) is 11.0. The number of nitrogens with one attached hydrogen (secondary N) is 2. The van der Waals surface area contributed by atoms with E-state index >= 15 is 0 Å². The first-order chi connectivity index (χ1) is 16.7. The second-order valence-corrected chi connectivity index (χ2v) is 12.6. The second-order valence-electron chi connectivity index (χ2n) is 11.1. The molecule has 2 atom stereocenters. The maximum Gasteiger partial charge on any atom is 0.258 e. The van der Waals surface area contributed by atoms with Crippen molar-refractivity contribution in [2.45, 2.75) is 78.7 Å². The lowest BCUT2D eigenvalue weighted by Crippen LogP contribution is -2.43. The first-order valence-electron chi connectivity index (χ1n) is 12.9. The maximum absolute atomic E-state index is 13.5. The summed E-state index contributed by atoms with van der Waals surface area (Å²) in [5, 5.41) is 7.40. The van der Waals surface area contributed by atoms with Crippen LogP contribution in [0.1, 0.15) is 80.6 Å². The minimum Gasteiger partial charge on any atom is -0.322 e. The summed E-state index contributed by atoms with van der Waals surface area (Å²) < 4.78 is 0. The lowest BCUT2D eigenvalue weighted by molar-refractivity contribution is -0.118. The first kappa shape index (κ1) is 26.2. The quantitative estimate of drug-likeness (QED) is 0.435. The highest BCUT2D eigenvalue weighted by molar-refractivity contribution is 7.17. The Hall–Kier alpha value is -1.89. The van der Waals surface area contributed by atoms with Crippen LogP contribution in [-0.4, -0.2) is 35.8 Å². The molecular weight excluding hydrogens is 478 g/mol. The number of carbonyl (C=O) groups excluding carboxylic acids is 2. The summed E-state index contributed by atoms with van der Waals surface area (Å²) in [5.41, 5.74) is 2.57. The molecule has 35 heavy (non-hydrogen) atoms. The van der Waals surface area contributed by atoms with Gasteiger partial charge < -0.3 is 10.6 Å². The van der Waals surface area contributed by atoms with Gasteiger partial charge >= 0.3 is 0 Å². The van der Waals surface area contributed by atoms with Gasteiger partial charge in [-0.1, -0.05) is 51.8 Å². The summed E-state index contributed by atoms with van der Waals surface area (Å²) in [6, 6.07) is 7.64. The van der Waals surface area contributed by atoms with Crippen LogP contribution < -0.4 is 10.6 Å². The standard InChI is InChI=1S/C28H38ClN3O2S/c1-5-21-11-6-7-14-32(21)17-24(33)31-27-25(26(34)30-20-10-8-9-19(29)16-20)22-13-12-18(28(2,3)4)15-23(22)35-27/h8-10,16,18,21H,5-7,11-15,17H2,1-4H3,(H,30,34)(H,31,33)/t18-,21+/m1/s1. The monoisotopic (exact) mass is 515 g/mol. The van der Waals surface area contributed by atoms with E-state index in [1.807, 2.05) is 12.1 Å². The topological polar surface area (TPSA) is 61.4 Å². The number of carbonyl (C=O) groups is 2. The molecular formula is C28H38ClN3O2S. The van der Waals surface area contributed by atoms with Crippen molar-refractivity contribution in [3.05, 3.63) is 45.3 Å². The molecule has 190 valence electrons. The first-order valence-corrected chi connectivity index (χ1v) is 14.1. The fourth-order valence-corrected chi connectivity index (χ4v) is 7.03. The van der Waals surface area contributed by atoms with Crippen molar-refractivity contribution in [3.8, 4) is 0 Å². The number of anilines is 2. The molecule has 1 saturated heterocycles. The van der Waals surface area contributed by atoms with E-state index in [2.05, 4.69) is 43.2 Å². The predicted molar refractivity (Wildman–Crippen MR) is 147 cm³/mol. The zero-order valence-corrected chi connectivity index (χ0v) is 23.0. The fourth-order valence-electron chi connectivity index (χ4n) is 5.49. The number of piperidine rings is 1. The molecule has 0 saturated carbocycles. The number of thiophene rings is 1. The molecule has 2 N–H and O–H groups in total. The number of nitrogens with zero attached hydrogens (tertiary/aromatic N) is 1. The zero-order chi connectivity index (χ0) is 25.2. The summed E-state index contributed by atoms with van der Waals surface area (Å²) in [4.78, 5) is 30.2. The van der Waals surface area contributed by atoms with Crippen LogP contribution in [0.2, 0.25) is 5.02 Å². The predicted octanol–water partition coefficient (Wildman–Crippen LogP) is 7.01. The van der Waals surface area contributed by atoms with Crippen molar-refractivity contribution in [3.63, 3.8) is 0 Å². The highest BCUT2D eigenvalue weighted by Crippen LogP contribution is 2.44. The lowest BCUT2D eigenvalue weighted by atomic mass is 9.72. The number of benzene rings is 1. The number of hydrogen-bond donors (Lipinski definition) is 2. The number of likely N-dealkylation sites (tertiary alicyclic amines) is 1. The molecule has 0 bridgehead atoms. The Kier molecular flexibility index (Phi) is 8.24. The van der Waals surface area contributed by atoms with E-state index in [1.54, 1.807) is 23.5 Å². The van der Waals surface area contributed by atoms with Crippen molar-refractivity contribution >= 4 is 45.4 Å². The van der Waals surface area contributed by atoms with Crippen LogP contribution in [0.5, 0.6) is 0 Å². The highest BCUT2D eigenvalue weighted by Gasteiger charge is 2.34. The van der Waals surface area contributed by atoms with Crippen LogP contribution in [0, 0.1) is 11.3 Å². The van der Waals surface area contributed by atoms with Crippen molar-refractivity contribution in [2.75, 3.05) is 23.7 Å². The van der Waals surface area contributed by atoms with Gasteiger partial charge in [0.1, 0.15) is 5.00 Å². The summed E-state index contributed by atoms with van der Waals surface area (Å²) in [5.74, 6) is 0.339. The van der Waals surface area contributed by atoms with E-state index in [1.165, 1.54) is 11.3 Å². The third-order valence-corrected chi connectivity index (χ3v) is 9.02. The number of fused-ring (bicyclic) bond motifs is 1. The molecule has 4 rings (SSSR count). The molecule has 7 heteroatoms. The minimum atomic E-state index is -0.182. The molecule has 1 aliphatic heterocycles. The van der Waals surface area contributed by atoms with Gasteiger partial charge in [0.2, 0.25) is 5.91 Å². The lowest BCUT2D eigenvalue weighted by Gasteiger charge is -2.34. The summed E-state index contributed by atoms with van der Waals surface area (Å²) in [6.45, 7) is 10.4. The molecule has 0 radical (unpaired) electrons. The Morgan fingerprint density at radius 3 is 2.69 bits per heavy atom. The van der Waals surface area contributed by atoms with E-state index in [-0.39, 0.29) is 17.2 Å².